The van der Waals surface area contributed by atoms with Crippen molar-refractivity contribution in [3.63, 3.8) is 0 Å². The normalized spacial score (nSPS) is 17.3. The Morgan fingerprint density at radius 1 is 1.44 bits per heavy atom. The van der Waals surface area contributed by atoms with Gasteiger partial charge in [-0.05, 0) is 36.2 Å². The van der Waals surface area contributed by atoms with Crippen molar-refractivity contribution < 1.29 is 9.53 Å². The zero-order valence-corrected chi connectivity index (χ0v) is 15.9. The summed E-state index contributed by atoms with van der Waals surface area (Å²) in [5, 5.41) is 12.2. The van der Waals surface area contributed by atoms with Gasteiger partial charge in [0.1, 0.15) is 23.5 Å². The minimum atomic E-state index is -0.0598. The van der Waals surface area contributed by atoms with Crippen molar-refractivity contribution in [1.82, 2.24) is 15.3 Å². The van der Waals surface area contributed by atoms with Crippen LogP contribution >= 0.6 is 11.6 Å². The Morgan fingerprint density at radius 3 is 2.85 bits per heavy atom. The number of ether oxygens (including phenoxy) is 1. The fraction of sp³-hybridized carbons (Fsp3) is 0.368. The fourth-order valence-electron chi connectivity index (χ4n) is 3.10. The van der Waals surface area contributed by atoms with Crippen molar-refractivity contribution in [2.45, 2.75) is 32.4 Å². The summed E-state index contributed by atoms with van der Waals surface area (Å²) in [7, 11) is 0. The van der Waals surface area contributed by atoms with Gasteiger partial charge in [-0.15, -0.1) is 0 Å². The number of hydrogen-bond donors (Lipinski definition) is 1. The van der Waals surface area contributed by atoms with Gasteiger partial charge in [-0.2, -0.15) is 10.2 Å². The van der Waals surface area contributed by atoms with E-state index in [2.05, 4.69) is 21.4 Å². The summed E-state index contributed by atoms with van der Waals surface area (Å²) in [6, 6.07) is 9.74. The summed E-state index contributed by atoms with van der Waals surface area (Å²) in [6.45, 7) is 4.78. The van der Waals surface area contributed by atoms with Crippen LogP contribution in [0, 0.1) is 11.3 Å². The predicted octanol–water partition coefficient (Wildman–Crippen LogP) is 2.86. The number of nitriles is 1. The lowest BCUT2D eigenvalue weighted by atomic mass is 10.1. The highest BCUT2D eigenvalue weighted by Crippen LogP contribution is 2.26. The van der Waals surface area contributed by atoms with Gasteiger partial charge in [0, 0.05) is 19.9 Å². The SMILES string of the molecule is CC(=O)N[C@@H](C)c1ccc(O[C@@H]2CCN(c3nc(Cl)ncc3C#N)C2)cc1. The van der Waals surface area contributed by atoms with E-state index >= 15 is 0 Å². The van der Waals surface area contributed by atoms with Gasteiger partial charge < -0.3 is 15.0 Å². The highest BCUT2D eigenvalue weighted by atomic mass is 35.5. The van der Waals surface area contributed by atoms with Crippen LogP contribution in [-0.4, -0.2) is 35.1 Å². The highest BCUT2D eigenvalue weighted by Gasteiger charge is 2.27. The number of nitrogens with zero attached hydrogens (tertiary/aromatic N) is 4. The van der Waals surface area contributed by atoms with Crippen LogP contribution < -0.4 is 15.0 Å². The molecule has 0 bridgehead atoms. The molecule has 0 radical (unpaired) electrons. The number of benzene rings is 1. The Balaban J connectivity index is 1.63. The maximum Gasteiger partial charge on any atom is 0.224 e. The van der Waals surface area contributed by atoms with Gasteiger partial charge in [-0.3, -0.25) is 4.79 Å². The van der Waals surface area contributed by atoms with Crippen LogP contribution in [0.4, 0.5) is 5.82 Å². The van der Waals surface area contributed by atoms with Gasteiger partial charge in [-0.1, -0.05) is 12.1 Å². The largest absolute Gasteiger partial charge is 0.489 e. The van der Waals surface area contributed by atoms with Gasteiger partial charge >= 0.3 is 0 Å². The number of rotatable bonds is 5. The first-order valence-electron chi connectivity index (χ1n) is 8.67. The van der Waals surface area contributed by atoms with Gasteiger partial charge in [0.25, 0.3) is 0 Å². The van der Waals surface area contributed by atoms with E-state index < -0.39 is 0 Å². The third-order valence-corrected chi connectivity index (χ3v) is 4.59. The van der Waals surface area contributed by atoms with Gasteiger partial charge in [0.15, 0.2) is 5.82 Å². The Hall–Kier alpha value is -2.85. The van der Waals surface area contributed by atoms with Crippen LogP contribution in [-0.2, 0) is 4.79 Å². The van der Waals surface area contributed by atoms with Gasteiger partial charge in [-0.25, -0.2) is 4.98 Å². The molecule has 1 amide bonds. The molecule has 1 N–H and O–H groups in total. The Bertz CT molecular complexity index is 865. The molecule has 0 unspecified atom stereocenters. The van der Waals surface area contributed by atoms with Crippen LogP contribution in [0.2, 0.25) is 5.28 Å². The van der Waals surface area contributed by atoms with Crippen LogP contribution in [0.3, 0.4) is 0 Å². The zero-order valence-electron chi connectivity index (χ0n) is 15.1. The molecule has 0 saturated carbocycles. The average Bonchev–Trinajstić information content (AvgIpc) is 3.10. The van der Waals surface area contributed by atoms with Crippen molar-refractivity contribution in [3.05, 3.63) is 46.9 Å². The molecule has 2 atom stereocenters. The first-order chi connectivity index (χ1) is 13.0. The molecular formula is C19H20ClN5O2. The molecule has 1 aliphatic rings. The number of aromatic nitrogens is 2. The minimum Gasteiger partial charge on any atom is -0.489 e. The first-order valence-corrected chi connectivity index (χ1v) is 9.05. The quantitative estimate of drug-likeness (QED) is 0.796. The molecule has 1 aromatic carbocycles. The first kappa shape index (κ1) is 18.9. The van der Waals surface area contributed by atoms with E-state index in [-0.39, 0.29) is 23.3 Å². The Kier molecular flexibility index (Phi) is 5.77. The van der Waals surface area contributed by atoms with E-state index in [1.807, 2.05) is 36.1 Å². The van der Waals surface area contributed by atoms with Gasteiger partial charge in [0.05, 0.1) is 18.8 Å². The fourth-order valence-corrected chi connectivity index (χ4v) is 3.23. The van der Waals surface area contributed by atoms with Crippen LogP contribution in [0.25, 0.3) is 0 Å². The smallest absolute Gasteiger partial charge is 0.224 e. The second kappa shape index (κ2) is 8.23. The Labute approximate surface area is 162 Å². The number of anilines is 1. The van der Waals surface area contributed by atoms with E-state index in [1.165, 1.54) is 13.1 Å². The molecule has 2 aromatic rings. The maximum atomic E-state index is 11.2. The second-order valence-electron chi connectivity index (χ2n) is 6.45. The van der Waals surface area contributed by atoms with Gasteiger partial charge in [0.2, 0.25) is 11.2 Å². The molecule has 7 nitrogen and oxygen atoms in total. The molecular weight excluding hydrogens is 366 g/mol. The molecule has 0 spiro atoms. The number of carbonyl (C=O) groups excluding carboxylic acids is 1. The maximum absolute atomic E-state index is 11.2. The summed E-state index contributed by atoms with van der Waals surface area (Å²) < 4.78 is 6.06. The summed E-state index contributed by atoms with van der Waals surface area (Å²) in [4.78, 5) is 21.2. The molecule has 2 heterocycles. The van der Waals surface area contributed by atoms with Crippen molar-refractivity contribution in [2.75, 3.05) is 18.0 Å². The van der Waals surface area contributed by atoms with E-state index in [4.69, 9.17) is 16.3 Å². The second-order valence-corrected chi connectivity index (χ2v) is 6.79. The Morgan fingerprint density at radius 2 is 2.19 bits per heavy atom. The molecule has 1 aromatic heterocycles. The monoisotopic (exact) mass is 385 g/mol. The lowest BCUT2D eigenvalue weighted by molar-refractivity contribution is -0.119. The number of carbonyl (C=O) groups is 1. The summed E-state index contributed by atoms with van der Waals surface area (Å²) >= 11 is 5.87. The summed E-state index contributed by atoms with van der Waals surface area (Å²) in [5.41, 5.74) is 1.41. The van der Waals surface area contributed by atoms with E-state index in [9.17, 15) is 10.1 Å². The summed E-state index contributed by atoms with van der Waals surface area (Å²) in [5.74, 6) is 1.25. The topological polar surface area (TPSA) is 91.1 Å². The molecule has 1 saturated heterocycles. The molecule has 1 aliphatic heterocycles. The number of nitrogens with one attached hydrogen (secondary N) is 1. The molecule has 0 aliphatic carbocycles. The number of amides is 1. The predicted molar refractivity (Wildman–Crippen MR) is 102 cm³/mol. The van der Waals surface area contributed by atoms with E-state index in [0.717, 1.165) is 24.3 Å². The highest BCUT2D eigenvalue weighted by molar-refractivity contribution is 6.28. The molecule has 27 heavy (non-hydrogen) atoms. The van der Waals surface area contributed by atoms with E-state index in [1.54, 1.807) is 0 Å². The lowest BCUT2D eigenvalue weighted by Crippen LogP contribution is -2.26. The number of hydrogen-bond acceptors (Lipinski definition) is 6. The molecule has 140 valence electrons. The summed E-state index contributed by atoms with van der Waals surface area (Å²) in [6.07, 6.45) is 2.24. The molecule has 8 heteroatoms. The minimum absolute atomic E-state index is 0.0103. The van der Waals surface area contributed by atoms with Crippen LogP contribution in [0.15, 0.2) is 30.5 Å². The standard InChI is InChI=1S/C19H20ClN5O2/c1-12(23-13(2)26)14-3-5-16(6-4-14)27-17-7-8-25(11-17)18-15(9-21)10-22-19(20)24-18/h3-6,10,12,17H,7-8,11H2,1-2H3,(H,23,26)/t12-,17+/m0/s1. The zero-order chi connectivity index (χ0) is 19.4. The van der Waals surface area contributed by atoms with Crippen molar-refractivity contribution in [2.24, 2.45) is 0 Å². The third-order valence-electron chi connectivity index (χ3n) is 4.41. The number of halogens is 1. The molecule has 1 fully saturated rings. The lowest BCUT2D eigenvalue weighted by Gasteiger charge is -2.19. The van der Waals surface area contributed by atoms with Crippen molar-refractivity contribution in [3.8, 4) is 11.8 Å². The van der Waals surface area contributed by atoms with Crippen molar-refractivity contribution >= 4 is 23.3 Å². The average molecular weight is 386 g/mol. The third kappa shape index (κ3) is 4.66. The van der Waals surface area contributed by atoms with E-state index in [0.29, 0.717) is 17.9 Å². The molecule has 3 rings (SSSR count). The van der Waals surface area contributed by atoms with Crippen LogP contribution in [0.1, 0.15) is 37.4 Å². The van der Waals surface area contributed by atoms with Crippen LogP contribution in [0.5, 0.6) is 5.75 Å². The van der Waals surface area contributed by atoms with Crippen molar-refractivity contribution in [1.29, 1.82) is 5.26 Å².